The van der Waals surface area contributed by atoms with Gasteiger partial charge < -0.3 is 5.32 Å². The summed E-state index contributed by atoms with van der Waals surface area (Å²) in [6.45, 7) is 14.5. The summed E-state index contributed by atoms with van der Waals surface area (Å²) < 4.78 is 0. The van der Waals surface area contributed by atoms with E-state index in [0.29, 0.717) is 0 Å². The van der Waals surface area contributed by atoms with Crippen LogP contribution < -0.4 is 5.32 Å². The van der Waals surface area contributed by atoms with Crippen molar-refractivity contribution >= 4 is 11.8 Å². The van der Waals surface area contributed by atoms with Crippen molar-refractivity contribution in [2.75, 3.05) is 0 Å². The SMILES string of the molecule is CC(C)N1C(=O)CC(NC(C)(C)CC(C)(C)C)C1=O. The van der Waals surface area contributed by atoms with Crippen LogP contribution in [0.25, 0.3) is 0 Å². The Kier molecular flexibility index (Phi) is 4.45. The van der Waals surface area contributed by atoms with Crippen LogP contribution in [0.5, 0.6) is 0 Å². The highest BCUT2D eigenvalue weighted by Gasteiger charge is 2.42. The van der Waals surface area contributed by atoms with Gasteiger partial charge in [-0.2, -0.15) is 0 Å². The molecule has 0 radical (unpaired) electrons. The third-order valence-corrected chi connectivity index (χ3v) is 3.24. The molecule has 0 aromatic carbocycles. The van der Waals surface area contributed by atoms with Gasteiger partial charge in [0.25, 0.3) is 0 Å². The molecule has 0 aromatic rings. The smallest absolute Gasteiger partial charge is 0.247 e. The molecule has 1 heterocycles. The van der Waals surface area contributed by atoms with Crippen LogP contribution in [0.4, 0.5) is 0 Å². The van der Waals surface area contributed by atoms with Gasteiger partial charge in [-0.3, -0.25) is 14.5 Å². The van der Waals surface area contributed by atoms with Crippen molar-refractivity contribution in [2.24, 2.45) is 5.41 Å². The predicted octanol–water partition coefficient (Wildman–Crippen LogP) is 2.33. The quantitative estimate of drug-likeness (QED) is 0.796. The summed E-state index contributed by atoms with van der Waals surface area (Å²) in [6, 6.07) is -0.426. The highest BCUT2D eigenvalue weighted by Crippen LogP contribution is 2.28. The van der Waals surface area contributed by atoms with Gasteiger partial charge in [0.05, 0.1) is 12.5 Å². The molecule has 2 amide bonds. The lowest BCUT2D eigenvalue weighted by Crippen LogP contribution is -2.51. The molecule has 1 fully saturated rings. The fourth-order valence-corrected chi connectivity index (χ4v) is 3.15. The number of nitrogens with one attached hydrogen (secondary N) is 1. The van der Waals surface area contributed by atoms with Crippen molar-refractivity contribution in [3.63, 3.8) is 0 Å². The number of carbonyl (C=O) groups excluding carboxylic acids is 2. The van der Waals surface area contributed by atoms with Gasteiger partial charge in [0, 0.05) is 11.6 Å². The second-order valence-electron chi connectivity index (χ2n) is 7.72. The highest BCUT2D eigenvalue weighted by atomic mass is 16.2. The summed E-state index contributed by atoms with van der Waals surface area (Å²) in [4.78, 5) is 25.5. The largest absolute Gasteiger partial charge is 0.300 e. The predicted molar refractivity (Wildman–Crippen MR) is 76.7 cm³/mol. The number of hydrogen-bond acceptors (Lipinski definition) is 3. The molecule has 1 saturated heterocycles. The molecule has 1 unspecified atom stereocenters. The maximum Gasteiger partial charge on any atom is 0.247 e. The zero-order valence-corrected chi connectivity index (χ0v) is 13.3. The number of amides is 2. The van der Waals surface area contributed by atoms with Crippen molar-refractivity contribution in [3.8, 4) is 0 Å². The molecule has 1 aliphatic heterocycles. The third kappa shape index (κ3) is 4.30. The molecule has 19 heavy (non-hydrogen) atoms. The maximum absolute atomic E-state index is 12.2. The number of imide groups is 1. The van der Waals surface area contributed by atoms with Gasteiger partial charge in [-0.05, 0) is 39.5 Å². The second-order valence-corrected chi connectivity index (χ2v) is 7.72. The average molecular weight is 268 g/mol. The van der Waals surface area contributed by atoms with Crippen LogP contribution in [-0.4, -0.2) is 34.3 Å². The molecular formula is C15H28N2O2. The third-order valence-electron chi connectivity index (χ3n) is 3.24. The summed E-state index contributed by atoms with van der Waals surface area (Å²) in [5.74, 6) is -0.147. The standard InChI is InChI=1S/C15H28N2O2/c1-10(2)17-12(18)8-11(13(17)19)16-15(6,7)9-14(3,4)5/h10-11,16H,8-9H2,1-7H3. The average Bonchev–Trinajstić information content (AvgIpc) is 2.35. The Morgan fingerprint density at radius 1 is 1.21 bits per heavy atom. The monoisotopic (exact) mass is 268 g/mol. The topological polar surface area (TPSA) is 49.4 Å². The van der Waals surface area contributed by atoms with Gasteiger partial charge in [0.1, 0.15) is 0 Å². The van der Waals surface area contributed by atoms with Gasteiger partial charge in [-0.1, -0.05) is 20.8 Å². The molecule has 0 spiro atoms. The molecular weight excluding hydrogens is 240 g/mol. The number of carbonyl (C=O) groups is 2. The minimum absolute atomic E-state index is 0.0578. The normalized spacial score (nSPS) is 21.7. The van der Waals surface area contributed by atoms with E-state index in [1.165, 1.54) is 4.90 Å². The molecule has 4 nitrogen and oxygen atoms in total. The van der Waals surface area contributed by atoms with E-state index in [0.717, 1.165) is 6.42 Å². The molecule has 0 aromatic heterocycles. The lowest BCUT2D eigenvalue weighted by atomic mass is 9.81. The Hall–Kier alpha value is -0.900. The van der Waals surface area contributed by atoms with Gasteiger partial charge in [0.2, 0.25) is 11.8 Å². The fraction of sp³-hybridized carbons (Fsp3) is 0.867. The van der Waals surface area contributed by atoms with Crippen molar-refractivity contribution in [1.29, 1.82) is 0 Å². The summed E-state index contributed by atoms with van der Waals surface area (Å²) in [6.07, 6.45) is 1.23. The molecule has 110 valence electrons. The highest BCUT2D eigenvalue weighted by molar-refractivity contribution is 6.05. The van der Waals surface area contributed by atoms with Crippen LogP contribution >= 0.6 is 0 Å². The van der Waals surface area contributed by atoms with E-state index in [4.69, 9.17) is 0 Å². The van der Waals surface area contributed by atoms with Gasteiger partial charge >= 0.3 is 0 Å². The number of nitrogens with zero attached hydrogens (tertiary/aromatic N) is 1. The van der Waals surface area contributed by atoms with Crippen LogP contribution in [0.3, 0.4) is 0 Å². The van der Waals surface area contributed by atoms with Crippen molar-refractivity contribution in [1.82, 2.24) is 10.2 Å². The summed E-state index contributed by atoms with van der Waals surface area (Å²) in [5.41, 5.74) is 0.0196. The first-order valence-electron chi connectivity index (χ1n) is 7.06. The second kappa shape index (κ2) is 5.23. The number of likely N-dealkylation sites (tertiary alicyclic amines) is 1. The molecule has 1 rings (SSSR count). The lowest BCUT2D eigenvalue weighted by molar-refractivity contribution is -0.140. The van der Waals surface area contributed by atoms with Crippen molar-refractivity contribution in [3.05, 3.63) is 0 Å². The van der Waals surface area contributed by atoms with Crippen molar-refractivity contribution < 1.29 is 9.59 Å². The Morgan fingerprint density at radius 3 is 2.11 bits per heavy atom. The Morgan fingerprint density at radius 2 is 1.74 bits per heavy atom. The van der Waals surface area contributed by atoms with E-state index < -0.39 is 0 Å². The molecule has 1 atom stereocenters. The van der Waals surface area contributed by atoms with E-state index in [1.807, 2.05) is 13.8 Å². The zero-order chi connectivity index (χ0) is 15.0. The Labute approximate surface area is 116 Å². The van der Waals surface area contributed by atoms with E-state index in [2.05, 4.69) is 39.9 Å². The zero-order valence-electron chi connectivity index (χ0n) is 13.3. The van der Waals surface area contributed by atoms with Gasteiger partial charge in [0.15, 0.2) is 0 Å². The maximum atomic E-state index is 12.2. The van der Waals surface area contributed by atoms with Crippen LogP contribution in [0, 0.1) is 5.41 Å². The van der Waals surface area contributed by atoms with Crippen molar-refractivity contribution in [2.45, 2.75) is 78.9 Å². The first-order chi connectivity index (χ1) is 8.43. The van der Waals surface area contributed by atoms with Crippen LogP contribution in [0.1, 0.15) is 61.3 Å². The molecule has 1 N–H and O–H groups in total. The van der Waals surface area contributed by atoms with E-state index in [1.54, 1.807) is 0 Å². The van der Waals surface area contributed by atoms with Crippen LogP contribution in [0.2, 0.25) is 0 Å². The number of rotatable bonds is 4. The first-order valence-corrected chi connectivity index (χ1v) is 7.06. The summed E-state index contributed by atoms with van der Waals surface area (Å²) >= 11 is 0. The molecule has 1 aliphatic rings. The minimum atomic E-state index is -0.368. The molecule has 0 saturated carbocycles. The van der Waals surface area contributed by atoms with E-state index >= 15 is 0 Å². The van der Waals surface area contributed by atoms with Gasteiger partial charge in [-0.25, -0.2) is 0 Å². The fourth-order valence-electron chi connectivity index (χ4n) is 3.15. The van der Waals surface area contributed by atoms with E-state index in [-0.39, 0.29) is 41.3 Å². The minimum Gasteiger partial charge on any atom is -0.300 e. The molecule has 0 aliphatic carbocycles. The number of hydrogen-bond donors (Lipinski definition) is 1. The summed E-state index contributed by atoms with van der Waals surface area (Å²) in [7, 11) is 0. The molecule has 0 bridgehead atoms. The lowest BCUT2D eigenvalue weighted by Gasteiger charge is -2.35. The summed E-state index contributed by atoms with van der Waals surface area (Å²) in [5, 5.41) is 3.36. The van der Waals surface area contributed by atoms with Gasteiger partial charge in [-0.15, -0.1) is 0 Å². The Bertz CT molecular complexity index is 367. The molecule has 4 heteroatoms. The van der Waals surface area contributed by atoms with Crippen LogP contribution in [-0.2, 0) is 9.59 Å². The Balaban J connectivity index is 2.74. The first kappa shape index (κ1) is 16.2. The van der Waals surface area contributed by atoms with Crippen LogP contribution in [0.15, 0.2) is 0 Å². The van der Waals surface area contributed by atoms with E-state index in [9.17, 15) is 9.59 Å².